The zero-order valence-corrected chi connectivity index (χ0v) is 14.4. The number of amides is 1. The molecule has 0 spiro atoms. The molecule has 0 aliphatic heterocycles. The predicted octanol–water partition coefficient (Wildman–Crippen LogP) is 4.60. The highest BCUT2D eigenvalue weighted by atomic mass is 16.3. The maximum Gasteiger partial charge on any atom is 0.207 e. The van der Waals surface area contributed by atoms with Crippen molar-refractivity contribution in [2.45, 2.75) is 91.1 Å². The molecule has 0 fully saturated rings. The van der Waals surface area contributed by atoms with Crippen molar-refractivity contribution in [3.05, 3.63) is 12.2 Å². The lowest BCUT2D eigenvalue weighted by atomic mass is 10.1. The fourth-order valence-corrected chi connectivity index (χ4v) is 1.97. The first-order valence-corrected chi connectivity index (χ1v) is 8.70. The molecule has 126 valence electrons. The summed E-state index contributed by atoms with van der Waals surface area (Å²) in [6.07, 6.45) is 16.6. The Morgan fingerprint density at radius 1 is 0.952 bits per heavy atom. The Kier molecular flexibility index (Phi) is 23.0. The normalized spacial score (nSPS) is 11.8. The van der Waals surface area contributed by atoms with E-state index in [0.29, 0.717) is 0 Å². The van der Waals surface area contributed by atoms with Crippen molar-refractivity contribution < 1.29 is 9.90 Å². The molecule has 0 radical (unpaired) electrons. The van der Waals surface area contributed by atoms with E-state index in [4.69, 9.17) is 5.11 Å². The van der Waals surface area contributed by atoms with Crippen molar-refractivity contribution in [1.29, 1.82) is 0 Å². The standard InChI is InChI=1S/C10H21NO.C8H16O/c1-2-3-4-5-6-7-8-9-11-10-12;1-3-5-7-8(9)6-4-2/h10H,2-9H2,1H3,(H,11,12);4,6,8-9H,3,5,7H2,1-2H3/b;6-4+. The Morgan fingerprint density at radius 2 is 1.52 bits per heavy atom. The smallest absolute Gasteiger partial charge is 0.207 e. The monoisotopic (exact) mass is 299 g/mol. The summed E-state index contributed by atoms with van der Waals surface area (Å²) in [6.45, 7) is 7.13. The van der Waals surface area contributed by atoms with Gasteiger partial charge in [-0.2, -0.15) is 0 Å². The second-order valence-electron chi connectivity index (χ2n) is 5.43. The minimum atomic E-state index is -0.213. The van der Waals surface area contributed by atoms with Gasteiger partial charge in [0.15, 0.2) is 0 Å². The fourth-order valence-electron chi connectivity index (χ4n) is 1.97. The van der Waals surface area contributed by atoms with E-state index in [1.54, 1.807) is 0 Å². The highest BCUT2D eigenvalue weighted by Crippen LogP contribution is 2.05. The lowest BCUT2D eigenvalue weighted by molar-refractivity contribution is -0.109. The number of nitrogens with one attached hydrogen (secondary N) is 1. The maximum absolute atomic E-state index is 9.87. The van der Waals surface area contributed by atoms with Crippen LogP contribution in [-0.2, 0) is 4.79 Å². The number of allylic oxidation sites excluding steroid dienone is 1. The Labute approximate surface area is 132 Å². The van der Waals surface area contributed by atoms with E-state index < -0.39 is 0 Å². The molecule has 0 bridgehead atoms. The molecule has 0 heterocycles. The van der Waals surface area contributed by atoms with Crippen LogP contribution in [0, 0.1) is 0 Å². The summed E-state index contributed by atoms with van der Waals surface area (Å²) < 4.78 is 0. The van der Waals surface area contributed by atoms with Gasteiger partial charge in [0.05, 0.1) is 6.10 Å². The average molecular weight is 299 g/mol. The first-order valence-electron chi connectivity index (χ1n) is 8.70. The molecule has 0 saturated carbocycles. The fraction of sp³-hybridized carbons (Fsp3) is 0.833. The molecular formula is C18H37NO2. The molecule has 3 nitrogen and oxygen atoms in total. The zero-order chi connectivity index (χ0) is 16.2. The van der Waals surface area contributed by atoms with Crippen LogP contribution in [0.2, 0.25) is 0 Å². The summed E-state index contributed by atoms with van der Waals surface area (Å²) in [7, 11) is 0. The molecule has 0 aliphatic carbocycles. The van der Waals surface area contributed by atoms with Gasteiger partial charge in [-0.3, -0.25) is 4.79 Å². The van der Waals surface area contributed by atoms with Crippen molar-refractivity contribution in [3.8, 4) is 0 Å². The summed E-state index contributed by atoms with van der Waals surface area (Å²) in [5, 5.41) is 11.8. The molecule has 21 heavy (non-hydrogen) atoms. The van der Waals surface area contributed by atoms with E-state index in [-0.39, 0.29) is 6.10 Å². The number of carbonyl (C=O) groups excluding carboxylic acids is 1. The van der Waals surface area contributed by atoms with Crippen LogP contribution in [0.1, 0.15) is 85.0 Å². The van der Waals surface area contributed by atoms with E-state index in [1.165, 1.54) is 38.5 Å². The molecule has 1 unspecified atom stereocenters. The molecule has 0 aromatic rings. The van der Waals surface area contributed by atoms with Gasteiger partial charge >= 0.3 is 0 Å². The maximum atomic E-state index is 9.87. The molecular weight excluding hydrogens is 262 g/mol. The molecule has 1 amide bonds. The molecule has 2 N–H and O–H groups in total. The highest BCUT2D eigenvalue weighted by molar-refractivity contribution is 5.45. The van der Waals surface area contributed by atoms with Gasteiger partial charge in [-0.05, 0) is 19.8 Å². The third-order valence-electron chi connectivity index (χ3n) is 3.28. The molecule has 0 aromatic heterocycles. The van der Waals surface area contributed by atoms with Gasteiger partial charge in [-0.15, -0.1) is 0 Å². The summed E-state index contributed by atoms with van der Waals surface area (Å²) in [5.41, 5.74) is 0. The lowest BCUT2D eigenvalue weighted by Crippen LogP contribution is -2.11. The Bertz CT molecular complexity index is 217. The Morgan fingerprint density at radius 3 is 2.05 bits per heavy atom. The number of hydrogen-bond donors (Lipinski definition) is 2. The van der Waals surface area contributed by atoms with Crippen molar-refractivity contribution >= 4 is 6.41 Å². The number of aliphatic hydroxyl groups is 1. The molecule has 0 rings (SSSR count). The summed E-state index contributed by atoms with van der Waals surface area (Å²) in [4.78, 5) is 9.87. The van der Waals surface area contributed by atoms with E-state index >= 15 is 0 Å². The van der Waals surface area contributed by atoms with Crippen molar-refractivity contribution in [3.63, 3.8) is 0 Å². The van der Waals surface area contributed by atoms with Crippen LogP contribution >= 0.6 is 0 Å². The highest BCUT2D eigenvalue weighted by Gasteiger charge is 1.94. The quantitative estimate of drug-likeness (QED) is 0.297. The van der Waals surface area contributed by atoms with Gasteiger partial charge < -0.3 is 10.4 Å². The minimum Gasteiger partial charge on any atom is -0.389 e. The molecule has 0 saturated heterocycles. The third-order valence-corrected chi connectivity index (χ3v) is 3.28. The molecule has 0 aliphatic rings. The van der Waals surface area contributed by atoms with E-state index in [9.17, 15) is 4.79 Å². The molecule has 0 aromatic carbocycles. The summed E-state index contributed by atoms with van der Waals surface area (Å²) in [5.74, 6) is 0. The number of unbranched alkanes of at least 4 members (excludes halogenated alkanes) is 7. The number of aliphatic hydroxyl groups excluding tert-OH is 1. The Hall–Kier alpha value is -0.830. The first-order chi connectivity index (χ1) is 10.2. The first kappa shape index (κ1) is 22.5. The number of hydrogen-bond acceptors (Lipinski definition) is 2. The van der Waals surface area contributed by atoms with E-state index in [0.717, 1.165) is 38.6 Å². The topological polar surface area (TPSA) is 49.3 Å². The average Bonchev–Trinajstić information content (AvgIpc) is 2.49. The van der Waals surface area contributed by atoms with Crippen LogP contribution < -0.4 is 5.32 Å². The van der Waals surface area contributed by atoms with Gasteiger partial charge in [0.1, 0.15) is 0 Å². The van der Waals surface area contributed by atoms with Gasteiger partial charge in [0, 0.05) is 6.54 Å². The van der Waals surface area contributed by atoms with Crippen LogP contribution in [-0.4, -0.2) is 24.2 Å². The second-order valence-corrected chi connectivity index (χ2v) is 5.43. The predicted molar refractivity (Wildman–Crippen MR) is 92.4 cm³/mol. The van der Waals surface area contributed by atoms with Crippen LogP contribution in [0.4, 0.5) is 0 Å². The van der Waals surface area contributed by atoms with Crippen LogP contribution in [0.15, 0.2) is 12.2 Å². The lowest BCUT2D eigenvalue weighted by Gasteiger charge is -2.01. The van der Waals surface area contributed by atoms with Crippen LogP contribution in [0.3, 0.4) is 0 Å². The van der Waals surface area contributed by atoms with Gasteiger partial charge in [-0.1, -0.05) is 77.4 Å². The zero-order valence-electron chi connectivity index (χ0n) is 14.4. The van der Waals surface area contributed by atoms with Gasteiger partial charge in [0.2, 0.25) is 6.41 Å². The van der Waals surface area contributed by atoms with E-state index in [1.807, 2.05) is 19.1 Å². The number of rotatable bonds is 13. The molecule has 1 atom stereocenters. The van der Waals surface area contributed by atoms with Crippen molar-refractivity contribution in [2.75, 3.05) is 6.54 Å². The SMILES string of the molecule is C/C=C/C(O)CCCC.CCCCCCCCCNC=O. The summed E-state index contributed by atoms with van der Waals surface area (Å²) in [6, 6.07) is 0. The third kappa shape index (κ3) is 24.6. The second kappa shape index (κ2) is 21.5. The van der Waals surface area contributed by atoms with Gasteiger partial charge in [-0.25, -0.2) is 0 Å². The minimum absolute atomic E-state index is 0.213. The largest absolute Gasteiger partial charge is 0.389 e. The van der Waals surface area contributed by atoms with Gasteiger partial charge in [0.25, 0.3) is 0 Å². The van der Waals surface area contributed by atoms with Crippen molar-refractivity contribution in [1.82, 2.24) is 5.32 Å². The van der Waals surface area contributed by atoms with Crippen LogP contribution in [0.25, 0.3) is 0 Å². The van der Waals surface area contributed by atoms with Crippen LogP contribution in [0.5, 0.6) is 0 Å². The van der Waals surface area contributed by atoms with E-state index in [2.05, 4.69) is 19.2 Å². The summed E-state index contributed by atoms with van der Waals surface area (Å²) >= 11 is 0. The Balaban J connectivity index is 0. The van der Waals surface area contributed by atoms with Crippen molar-refractivity contribution in [2.24, 2.45) is 0 Å². The number of carbonyl (C=O) groups is 1. The molecule has 3 heteroatoms.